The molecule has 0 spiro atoms. The van der Waals surface area contributed by atoms with Gasteiger partial charge < -0.3 is 10.1 Å². The fourth-order valence-electron chi connectivity index (χ4n) is 3.94. The number of amides is 1. The number of thiocarbonyl (C=S) groups is 1. The third kappa shape index (κ3) is 4.73. The van der Waals surface area contributed by atoms with E-state index in [0.717, 1.165) is 33.2 Å². The van der Waals surface area contributed by atoms with Crippen molar-refractivity contribution in [2.24, 2.45) is 0 Å². The summed E-state index contributed by atoms with van der Waals surface area (Å²) >= 11 is 11.6. The molecule has 0 fully saturated rings. The lowest BCUT2D eigenvalue weighted by Gasteiger charge is -2.12. The van der Waals surface area contributed by atoms with Crippen molar-refractivity contribution in [1.82, 2.24) is 20.3 Å². The predicted octanol–water partition coefficient (Wildman–Crippen LogP) is 6.06. The standard InChI is InChI=1S/C27H22ClN5O2S/c1-3-35-25-12-11-18(14-20(25)28)26(34)30-27(36)29-21-15-23-22(13-16(21)2)31-33(32-23)24-10-6-8-17-7-4-5-9-19(17)24/h4-15H,3H2,1-2H3,(H2,29,30,34,36). The van der Waals surface area contributed by atoms with Gasteiger partial charge in [-0.1, -0.05) is 48.0 Å². The second kappa shape index (κ2) is 9.93. The summed E-state index contributed by atoms with van der Waals surface area (Å²) in [5, 5.41) is 17.9. The first-order valence-electron chi connectivity index (χ1n) is 11.3. The van der Waals surface area contributed by atoms with E-state index in [0.29, 0.717) is 28.5 Å². The SMILES string of the molecule is CCOc1ccc(C(=O)NC(=S)Nc2cc3nn(-c4cccc5ccccc45)nc3cc2C)cc1Cl. The normalized spacial score (nSPS) is 11.0. The minimum Gasteiger partial charge on any atom is -0.492 e. The van der Waals surface area contributed by atoms with Gasteiger partial charge >= 0.3 is 0 Å². The Kier molecular flexibility index (Phi) is 6.54. The highest BCUT2D eigenvalue weighted by Gasteiger charge is 2.14. The summed E-state index contributed by atoms with van der Waals surface area (Å²) in [5.74, 6) is 0.148. The number of aryl methyl sites for hydroxylation is 1. The smallest absolute Gasteiger partial charge is 0.257 e. The molecule has 0 bridgehead atoms. The zero-order valence-electron chi connectivity index (χ0n) is 19.6. The summed E-state index contributed by atoms with van der Waals surface area (Å²) in [6, 6.07) is 22.8. The molecule has 0 aliphatic carbocycles. The van der Waals surface area contributed by atoms with Gasteiger partial charge in [-0.2, -0.15) is 0 Å². The maximum atomic E-state index is 12.7. The first-order chi connectivity index (χ1) is 17.4. The van der Waals surface area contributed by atoms with Gasteiger partial charge in [0.25, 0.3) is 5.91 Å². The van der Waals surface area contributed by atoms with E-state index in [1.807, 2.05) is 50.2 Å². The molecule has 5 aromatic rings. The number of halogens is 1. The van der Waals surface area contributed by atoms with Crippen molar-refractivity contribution in [3.63, 3.8) is 0 Å². The first kappa shape index (κ1) is 23.7. The highest BCUT2D eigenvalue weighted by Crippen LogP contribution is 2.27. The molecule has 2 N–H and O–H groups in total. The monoisotopic (exact) mass is 515 g/mol. The van der Waals surface area contributed by atoms with E-state index in [4.69, 9.17) is 33.7 Å². The predicted molar refractivity (Wildman–Crippen MR) is 147 cm³/mol. The number of hydrogen-bond donors (Lipinski definition) is 2. The molecular weight excluding hydrogens is 494 g/mol. The van der Waals surface area contributed by atoms with Crippen LogP contribution in [-0.4, -0.2) is 32.6 Å². The fraction of sp³-hybridized carbons (Fsp3) is 0.111. The molecule has 180 valence electrons. The van der Waals surface area contributed by atoms with Crippen LogP contribution in [0.25, 0.3) is 27.5 Å². The topological polar surface area (TPSA) is 81.1 Å². The van der Waals surface area contributed by atoms with Crippen molar-refractivity contribution in [2.45, 2.75) is 13.8 Å². The van der Waals surface area contributed by atoms with Crippen molar-refractivity contribution in [3.05, 3.63) is 88.9 Å². The van der Waals surface area contributed by atoms with E-state index in [1.165, 1.54) is 0 Å². The molecule has 0 saturated carbocycles. The first-order valence-corrected chi connectivity index (χ1v) is 12.1. The quantitative estimate of drug-likeness (QED) is 0.277. The van der Waals surface area contributed by atoms with Crippen molar-refractivity contribution in [2.75, 3.05) is 11.9 Å². The Balaban J connectivity index is 1.36. The number of hydrogen-bond acceptors (Lipinski definition) is 5. The molecule has 1 amide bonds. The molecule has 5 rings (SSSR count). The number of carbonyl (C=O) groups is 1. The van der Waals surface area contributed by atoms with Crippen LogP contribution < -0.4 is 15.4 Å². The molecule has 1 heterocycles. The van der Waals surface area contributed by atoms with Crippen LogP contribution in [0.3, 0.4) is 0 Å². The highest BCUT2D eigenvalue weighted by atomic mass is 35.5. The molecular formula is C27H22ClN5O2S. The molecule has 7 nitrogen and oxygen atoms in total. The molecule has 0 saturated heterocycles. The van der Waals surface area contributed by atoms with Crippen LogP contribution in [0.15, 0.2) is 72.8 Å². The fourth-order valence-corrected chi connectivity index (χ4v) is 4.37. The zero-order chi connectivity index (χ0) is 25.2. The van der Waals surface area contributed by atoms with Gasteiger partial charge in [0.05, 0.1) is 17.3 Å². The van der Waals surface area contributed by atoms with Crippen LogP contribution in [0.2, 0.25) is 5.02 Å². The highest BCUT2D eigenvalue weighted by molar-refractivity contribution is 7.80. The maximum absolute atomic E-state index is 12.7. The van der Waals surface area contributed by atoms with E-state index >= 15 is 0 Å². The molecule has 0 aliphatic heterocycles. The Morgan fingerprint density at radius 2 is 1.78 bits per heavy atom. The van der Waals surface area contributed by atoms with Gasteiger partial charge in [0.1, 0.15) is 16.8 Å². The van der Waals surface area contributed by atoms with Gasteiger partial charge in [-0.15, -0.1) is 15.0 Å². The Morgan fingerprint density at radius 3 is 2.56 bits per heavy atom. The number of fused-ring (bicyclic) bond motifs is 2. The van der Waals surface area contributed by atoms with Gasteiger partial charge in [0.15, 0.2) is 5.11 Å². The number of benzene rings is 4. The number of rotatable bonds is 5. The lowest BCUT2D eigenvalue weighted by molar-refractivity contribution is 0.0977. The third-order valence-electron chi connectivity index (χ3n) is 5.68. The van der Waals surface area contributed by atoms with Gasteiger partial charge in [-0.3, -0.25) is 10.1 Å². The molecule has 1 aromatic heterocycles. The van der Waals surface area contributed by atoms with Gasteiger partial charge in [-0.25, -0.2) is 0 Å². The summed E-state index contributed by atoms with van der Waals surface area (Å²) in [4.78, 5) is 14.3. The van der Waals surface area contributed by atoms with Crippen LogP contribution in [0, 0.1) is 6.92 Å². The van der Waals surface area contributed by atoms with Crippen LogP contribution in [-0.2, 0) is 0 Å². The number of ether oxygens (including phenoxy) is 1. The Morgan fingerprint density at radius 1 is 1.03 bits per heavy atom. The molecule has 4 aromatic carbocycles. The minimum atomic E-state index is -0.377. The largest absolute Gasteiger partial charge is 0.492 e. The Hall–Kier alpha value is -4.01. The Labute approximate surface area is 218 Å². The summed E-state index contributed by atoms with van der Waals surface area (Å²) in [6.45, 7) is 4.29. The van der Waals surface area contributed by atoms with Crippen molar-refractivity contribution in [1.29, 1.82) is 0 Å². The lowest BCUT2D eigenvalue weighted by Crippen LogP contribution is -2.34. The van der Waals surface area contributed by atoms with E-state index < -0.39 is 0 Å². The van der Waals surface area contributed by atoms with Crippen molar-refractivity contribution < 1.29 is 9.53 Å². The summed E-state index contributed by atoms with van der Waals surface area (Å²) in [5.41, 5.74) is 4.36. The summed E-state index contributed by atoms with van der Waals surface area (Å²) in [7, 11) is 0. The zero-order valence-corrected chi connectivity index (χ0v) is 21.2. The molecule has 0 atom stereocenters. The van der Waals surface area contributed by atoms with Crippen molar-refractivity contribution in [3.8, 4) is 11.4 Å². The number of nitrogens with zero attached hydrogens (tertiary/aromatic N) is 3. The van der Waals surface area contributed by atoms with E-state index in [2.05, 4.69) is 33.9 Å². The molecule has 36 heavy (non-hydrogen) atoms. The maximum Gasteiger partial charge on any atom is 0.257 e. The third-order valence-corrected chi connectivity index (χ3v) is 6.18. The second-order valence-corrected chi connectivity index (χ2v) is 8.95. The molecule has 0 aliphatic rings. The van der Waals surface area contributed by atoms with Crippen LogP contribution in [0.4, 0.5) is 5.69 Å². The molecule has 0 radical (unpaired) electrons. The molecule has 9 heteroatoms. The van der Waals surface area contributed by atoms with Crippen molar-refractivity contribution >= 4 is 62.3 Å². The summed E-state index contributed by atoms with van der Waals surface area (Å²) < 4.78 is 5.42. The van der Waals surface area contributed by atoms with E-state index in [1.54, 1.807) is 23.0 Å². The average Bonchev–Trinajstić information content (AvgIpc) is 3.27. The van der Waals surface area contributed by atoms with Gasteiger partial charge in [0.2, 0.25) is 0 Å². The van der Waals surface area contributed by atoms with E-state index in [-0.39, 0.29) is 11.0 Å². The lowest BCUT2D eigenvalue weighted by atomic mass is 10.1. The average molecular weight is 516 g/mol. The van der Waals surface area contributed by atoms with Crippen LogP contribution in [0.1, 0.15) is 22.8 Å². The summed E-state index contributed by atoms with van der Waals surface area (Å²) in [6.07, 6.45) is 0. The van der Waals surface area contributed by atoms with Crippen LogP contribution in [0.5, 0.6) is 5.75 Å². The van der Waals surface area contributed by atoms with Gasteiger partial charge in [0, 0.05) is 16.6 Å². The number of nitrogens with one attached hydrogen (secondary N) is 2. The Bertz CT molecular complexity index is 1630. The minimum absolute atomic E-state index is 0.161. The van der Waals surface area contributed by atoms with Crippen LogP contribution >= 0.6 is 23.8 Å². The molecule has 0 unspecified atom stereocenters. The number of carbonyl (C=O) groups excluding carboxylic acids is 1. The van der Waals surface area contributed by atoms with Gasteiger partial charge in [-0.05, 0) is 73.4 Å². The second-order valence-electron chi connectivity index (χ2n) is 8.13. The number of aromatic nitrogens is 3. The number of anilines is 1. The van der Waals surface area contributed by atoms with E-state index in [9.17, 15) is 4.79 Å².